The minimum Gasteiger partial charge on any atom is -0.494 e. The van der Waals surface area contributed by atoms with Gasteiger partial charge < -0.3 is 14.8 Å². The lowest BCUT2D eigenvalue weighted by molar-refractivity contribution is 0.247. The summed E-state index contributed by atoms with van der Waals surface area (Å²) in [5.41, 5.74) is 4.16. The van der Waals surface area contributed by atoms with Crippen LogP contribution >= 0.6 is 0 Å². The Bertz CT molecular complexity index is 536. The van der Waals surface area contributed by atoms with E-state index in [1.807, 2.05) is 0 Å². The van der Waals surface area contributed by atoms with Crippen LogP contribution in [0.15, 0.2) is 6.07 Å². The molecule has 108 valence electrons. The molecule has 0 amide bonds. The molecule has 0 radical (unpaired) electrons. The van der Waals surface area contributed by atoms with Gasteiger partial charge >= 0.3 is 0 Å². The fourth-order valence-electron chi connectivity index (χ4n) is 3.75. The van der Waals surface area contributed by atoms with Crippen LogP contribution in [0.1, 0.15) is 49.4 Å². The molecule has 20 heavy (non-hydrogen) atoms. The topological polar surface area (TPSA) is 30.5 Å². The van der Waals surface area contributed by atoms with Gasteiger partial charge in [-0.3, -0.25) is 0 Å². The monoisotopic (exact) mass is 273 g/mol. The van der Waals surface area contributed by atoms with Gasteiger partial charge in [0, 0.05) is 29.2 Å². The summed E-state index contributed by atoms with van der Waals surface area (Å²) in [4.78, 5) is 0. The van der Waals surface area contributed by atoms with E-state index in [9.17, 15) is 0 Å². The molecule has 0 aromatic heterocycles. The quantitative estimate of drug-likeness (QED) is 0.918. The third-order valence-corrected chi connectivity index (χ3v) is 4.73. The number of fused-ring (bicyclic) bond motifs is 3. The van der Waals surface area contributed by atoms with E-state index in [1.54, 1.807) is 0 Å². The van der Waals surface area contributed by atoms with Gasteiger partial charge in [0.2, 0.25) is 0 Å². The van der Waals surface area contributed by atoms with Gasteiger partial charge in [0.15, 0.2) is 0 Å². The molecule has 1 fully saturated rings. The lowest BCUT2D eigenvalue weighted by Gasteiger charge is -2.30. The van der Waals surface area contributed by atoms with E-state index in [1.165, 1.54) is 35.3 Å². The van der Waals surface area contributed by atoms with Crippen LogP contribution in [0.5, 0.6) is 11.5 Å². The van der Waals surface area contributed by atoms with E-state index >= 15 is 0 Å². The van der Waals surface area contributed by atoms with Crippen molar-refractivity contribution < 1.29 is 9.47 Å². The summed E-state index contributed by atoms with van der Waals surface area (Å²) >= 11 is 0. The molecular formula is C17H23NO2. The van der Waals surface area contributed by atoms with Crippen LogP contribution < -0.4 is 14.8 Å². The molecule has 3 heteroatoms. The molecule has 3 aliphatic rings. The van der Waals surface area contributed by atoms with Crippen LogP contribution in [0.25, 0.3) is 0 Å². The summed E-state index contributed by atoms with van der Waals surface area (Å²) in [6.07, 6.45) is 5.06. The third kappa shape index (κ3) is 1.91. The molecule has 3 nitrogen and oxygen atoms in total. The van der Waals surface area contributed by atoms with Crippen molar-refractivity contribution in [3.05, 3.63) is 22.8 Å². The number of rotatable bonds is 3. The van der Waals surface area contributed by atoms with Gasteiger partial charge in [-0.1, -0.05) is 0 Å². The Balaban J connectivity index is 1.86. The molecular weight excluding hydrogens is 250 g/mol. The highest BCUT2D eigenvalue weighted by atomic mass is 16.5. The predicted molar refractivity (Wildman–Crippen MR) is 78.6 cm³/mol. The second kappa shape index (κ2) is 4.66. The molecule has 1 aromatic rings. The van der Waals surface area contributed by atoms with Gasteiger partial charge in [-0.15, -0.1) is 0 Å². The van der Waals surface area contributed by atoms with Crippen molar-refractivity contribution in [2.24, 2.45) is 5.92 Å². The lowest BCUT2D eigenvalue weighted by Crippen LogP contribution is -2.32. The van der Waals surface area contributed by atoms with Gasteiger partial charge in [0.1, 0.15) is 17.6 Å². The normalized spacial score (nSPS) is 27.7. The molecule has 1 saturated carbocycles. The zero-order chi connectivity index (χ0) is 13.7. The molecule has 4 rings (SSSR count). The maximum absolute atomic E-state index is 6.15. The second-order valence-electron chi connectivity index (χ2n) is 6.34. The first-order chi connectivity index (χ1) is 9.78. The second-order valence-corrected chi connectivity index (χ2v) is 6.34. The average molecular weight is 273 g/mol. The summed E-state index contributed by atoms with van der Waals surface area (Å²) < 4.78 is 12.1. The highest BCUT2D eigenvalue weighted by Gasteiger charge is 2.40. The van der Waals surface area contributed by atoms with Gasteiger partial charge in [-0.2, -0.15) is 0 Å². The summed E-state index contributed by atoms with van der Waals surface area (Å²) in [5, 5.41) is 3.72. The molecule has 2 heterocycles. The fourth-order valence-corrected chi connectivity index (χ4v) is 3.75. The molecule has 1 aromatic carbocycles. The summed E-state index contributed by atoms with van der Waals surface area (Å²) in [7, 11) is 0. The Morgan fingerprint density at radius 2 is 2.25 bits per heavy atom. The summed E-state index contributed by atoms with van der Waals surface area (Å²) in [5.74, 6) is 3.07. The van der Waals surface area contributed by atoms with Crippen molar-refractivity contribution in [3.8, 4) is 11.5 Å². The standard InChI is InChI=1S/C17H23NO2/c1-3-19-14-9-12-8-10(2)20-17(12)15-13(14)6-7-18-16(15)11-4-5-11/h9-11,16,18H,3-8H2,1-2H3. The number of nitrogens with one attached hydrogen (secondary N) is 1. The number of hydrogen-bond donors (Lipinski definition) is 1. The van der Waals surface area contributed by atoms with Crippen molar-refractivity contribution in [2.75, 3.05) is 13.2 Å². The first kappa shape index (κ1) is 12.5. The zero-order valence-corrected chi connectivity index (χ0v) is 12.4. The largest absolute Gasteiger partial charge is 0.494 e. The van der Waals surface area contributed by atoms with Crippen molar-refractivity contribution >= 4 is 0 Å². The average Bonchev–Trinajstić information content (AvgIpc) is 3.21. The summed E-state index contributed by atoms with van der Waals surface area (Å²) in [6, 6.07) is 2.72. The first-order valence-electron chi connectivity index (χ1n) is 7.99. The Morgan fingerprint density at radius 3 is 3.00 bits per heavy atom. The fraction of sp³-hybridized carbons (Fsp3) is 0.647. The number of hydrogen-bond acceptors (Lipinski definition) is 3. The zero-order valence-electron chi connectivity index (χ0n) is 12.4. The Labute approximate surface area is 120 Å². The molecule has 2 atom stereocenters. The Hall–Kier alpha value is -1.22. The van der Waals surface area contributed by atoms with Crippen molar-refractivity contribution in [2.45, 2.75) is 51.7 Å². The molecule has 0 saturated heterocycles. The van der Waals surface area contributed by atoms with Crippen LogP contribution in [0, 0.1) is 5.92 Å². The van der Waals surface area contributed by atoms with Crippen LogP contribution in [0.4, 0.5) is 0 Å². The molecule has 2 aliphatic heterocycles. The van der Waals surface area contributed by atoms with Crippen molar-refractivity contribution in [3.63, 3.8) is 0 Å². The van der Waals surface area contributed by atoms with E-state index in [4.69, 9.17) is 9.47 Å². The number of ether oxygens (including phenoxy) is 2. The van der Waals surface area contributed by atoms with Crippen molar-refractivity contribution in [1.82, 2.24) is 5.32 Å². The van der Waals surface area contributed by atoms with E-state index in [-0.39, 0.29) is 0 Å². The van der Waals surface area contributed by atoms with Gasteiger partial charge in [-0.25, -0.2) is 0 Å². The van der Waals surface area contributed by atoms with Gasteiger partial charge in [-0.05, 0) is 51.6 Å². The Morgan fingerprint density at radius 1 is 1.40 bits per heavy atom. The maximum Gasteiger partial charge on any atom is 0.128 e. The van der Waals surface area contributed by atoms with Crippen LogP contribution in [0.2, 0.25) is 0 Å². The minimum absolute atomic E-state index is 0.299. The minimum atomic E-state index is 0.299. The van der Waals surface area contributed by atoms with Crippen LogP contribution in [0.3, 0.4) is 0 Å². The van der Waals surface area contributed by atoms with E-state index in [2.05, 4.69) is 25.2 Å². The molecule has 2 unspecified atom stereocenters. The van der Waals surface area contributed by atoms with Gasteiger partial charge in [0.05, 0.1) is 6.61 Å². The molecule has 1 aliphatic carbocycles. The Kier molecular flexibility index (Phi) is 2.92. The van der Waals surface area contributed by atoms with Crippen molar-refractivity contribution in [1.29, 1.82) is 0 Å². The highest BCUT2D eigenvalue weighted by molar-refractivity contribution is 5.58. The smallest absolute Gasteiger partial charge is 0.128 e. The molecule has 0 spiro atoms. The number of benzene rings is 1. The lowest BCUT2D eigenvalue weighted by atomic mass is 9.88. The van der Waals surface area contributed by atoms with E-state index < -0.39 is 0 Å². The van der Waals surface area contributed by atoms with E-state index in [0.29, 0.717) is 12.1 Å². The maximum atomic E-state index is 6.15. The van der Waals surface area contributed by atoms with Crippen LogP contribution in [-0.2, 0) is 12.8 Å². The predicted octanol–water partition coefficient (Wildman–Crippen LogP) is 3.01. The third-order valence-electron chi connectivity index (χ3n) is 4.73. The highest BCUT2D eigenvalue weighted by Crippen LogP contribution is 2.51. The SMILES string of the molecule is CCOc1cc2c(c3c1CCNC3C1CC1)OC(C)C2. The van der Waals surface area contributed by atoms with Gasteiger partial charge in [0.25, 0.3) is 0 Å². The van der Waals surface area contributed by atoms with E-state index in [0.717, 1.165) is 37.7 Å². The molecule has 0 bridgehead atoms. The first-order valence-corrected chi connectivity index (χ1v) is 7.99. The van der Waals surface area contributed by atoms with Crippen LogP contribution in [-0.4, -0.2) is 19.3 Å². The molecule has 1 N–H and O–H groups in total. The summed E-state index contributed by atoms with van der Waals surface area (Å²) in [6.45, 7) is 6.03.